The molecule has 0 heterocycles. The number of nitriles is 1. The number of nitrogens with zero attached hydrogens (tertiary/aromatic N) is 1. The van der Waals surface area contributed by atoms with E-state index in [1.165, 1.54) is 0 Å². The van der Waals surface area contributed by atoms with Crippen molar-refractivity contribution in [3.05, 3.63) is 11.6 Å². The highest BCUT2D eigenvalue weighted by Crippen LogP contribution is 2.74. The number of rotatable bonds is 1. The van der Waals surface area contributed by atoms with Gasteiger partial charge in [-0.05, 0) is 84.4 Å². The molecule has 202 valence electrons. The van der Waals surface area contributed by atoms with Crippen LogP contribution in [0.1, 0.15) is 99.8 Å². The van der Waals surface area contributed by atoms with Crippen LogP contribution in [0.25, 0.3) is 0 Å². The second-order valence-corrected chi connectivity index (χ2v) is 15.3. The highest BCUT2D eigenvalue weighted by Gasteiger charge is 2.72. The van der Waals surface area contributed by atoms with Crippen LogP contribution >= 0.6 is 0 Å². The molecule has 8 unspecified atom stereocenters. The number of hydrogen-bond donors (Lipinski definition) is 2. The normalized spacial score (nSPS) is 47.8. The topological polar surface area (TPSA) is 113 Å². The van der Waals surface area contributed by atoms with E-state index >= 15 is 0 Å². The smallest absolute Gasteiger partial charge is 0.312 e. The average Bonchev–Trinajstić information content (AvgIpc) is 2.78. The summed E-state index contributed by atoms with van der Waals surface area (Å²) in [6.45, 7) is 15.5. The van der Waals surface area contributed by atoms with Gasteiger partial charge in [-0.25, -0.2) is 4.79 Å². The third-order valence-electron chi connectivity index (χ3n) is 12.8. The lowest BCUT2D eigenvalue weighted by Crippen LogP contribution is -2.72. The number of nitrogens with one attached hydrogen (secondary N) is 1. The first-order chi connectivity index (χ1) is 17.0. The van der Waals surface area contributed by atoms with E-state index in [0.717, 1.165) is 44.9 Å². The molecule has 4 fully saturated rings. The molecular weight excluding hydrogens is 462 g/mol. The zero-order chi connectivity index (χ0) is 27.4. The molecule has 0 aliphatic heterocycles. The third kappa shape index (κ3) is 3.31. The van der Waals surface area contributed by atoms with Gasteiger partial charge < -0.3 is 11.1 Å². The Kier molecular flexibility index (Phi) is 5.50. The molecule has 4 saturated carbocycles. The number of urea groups is 1. The van der Waals surface area contributed by atoms with E-state index in [0.29, 0.717) is 12.2 Å². The first kappa shape index (κ1) is 26.4. The van der Waals surface area contributed by atoms with Gasteiger partial charge in [0.15, 0.2) is 5.78 Å². The fourth-order valence-corrected chi connectivity index (χ4v) is 10.8. The van der Waals surface area contributed by atoms with Crippen molar-refractivity contribution in [2.75, 3.05) is 0 Å². The monoisotopic (exact) mass is 507 g/mol. The minimum atomic E-state index is -0.628. The van der Waals surface area contributed by atoms with Gasteiger partial charge in [0.2, 0.25) is 0 Å². The summed E-state index contributed by atoms with van der Waals surface area (Å²) in [7, 11) is 0. The zero-order valence-corrected chi connectivity index (χ0v) is 23.8. The fraction of sp³-hybridized carbons (Fsp3) is 0.806. The number of Topliss-reactive ketones (excluding diaryl/α,β-unsaturated/α-hetero) is 2. The number of amides is 2. The van der Waals surface area contributed by atoms with Crippen molar-refractivity contribution in [2.45, 2.75) is 105 Å². The number of carbonyl (C=O) groups excluding carboxylic acids is 3. The molecule has 2 amide bonds. The summed E-state index contributed by atoms with van der Waals surface area (Å²) in [6.07, 6.45) is 8.77. The molecule has 5 aliphatic rings. The van der Waals surface area contributed by atoms with Gasteiger partial charge in [-0.15, -0.1) is 0 Å². The van der Waals surface area contributed by atoms with Crippen LogP contribution < -0.4 is 11.1 Å². The molecule has 0 spiro atoms. The second kappa shape index (κ2) is 7.70. The third-order valence-corrected chi connectivity index (χ3v) is 12.8. The van der Waals surface area contributed by atoms with Crippen molar-refractivity contribution < 1.29 is 14.4 Å². The van der Waals surface area contributed by atoms with E-state index in [2.05, 4.69) is 46.0 Å². The maximum Gasteiger partial charge on any atom is 0.312 e. The molecule has 0 aromatic carbocycles. The van der Waals surface area contributed by atoms with E-state index in [1.54, 1.807) is 0 Å². The van der Waals surface area contributed by atoms with Gasteiger partial charge in [0.1, 0.15) is 11.9 Å². The Bertz CT molecular complexity index is 1150. The lowest BCUT2D eigenvalue weighted by Gasteiger charge is -2.72. The van der Waals surface area contributed by atoms with Gasteiger partial charge >= 0.3 is 6.03 Å². The maximum absolute atomic E-state index is 14.4. The van der Waals surface area contributed by atoms with E-state index in [9.17, 15) is 19.6 Å². The largest absolute Gasteiger partial charge is 0.352 e. The standard InChI is InChI=1S/C31H45N3O3/c1-26(2)10-12-31(34-25(33)37)13-11-30(7)23(19(31)16-26)20(35)14-22-28(5)15-18(17-32)24(36)27(3,4)21(28)8-9-29(22,30)6/h15,19,21-23H,8-14,16H2,1-7H3,(H3,33,34,37). The highest BCUT2D eigenvalue weighted by molar-refractivity contribution is 6.04. The van der Waals surface area contributed by atoms with Crippen LogP contribution in [0.15, 0.2) is 11.6 Å². The molecule has 0 aromatic heterocycles. The van der Waals surface area contributed by atoms with E-state index in [-0.39, 0.29) is 51.3 Å². The summed E-state index contributed by atoms with van der Waals surface area (Å²) < 4.78 is 0. The molecule has 0 bridgehead atoms. The lowest BCUT2D eigenvalue weighted by molar-refractivity contribution is -0.214. The molecule has 37 heavy (non-hydrogen) atoms. The first-order valence-electron chi connectivity index (χ1n) is 14.3. The van der Waals surface area contributed by atoms with Crippen molar-refractivity contribution >= 4 is 17.6 Å². The van der Waals surface area contributed by atoms with Crippen LogP contribution in [0.3, 0.4) is 0 Å². The molecular formula is C31H45N3O3. The van der Waals surface area contributed by atoms with Gasteiger partial charge in [0, 0.05) is 23.3 Å². The zero-order valence-electron chi connectivity index (χ0n) is 23.8. The van der Waals surface area contributed by atoms with Crippen molar-refractivity contribution in [2.24, 2.45) is 56.5 Å². The van der Waals surface area contributed by atoms with Crippen molar-refractivity contribution in [3.63, 3.8) is 0 Å². The van der Waals surface area contributed by atoms with Gasteiger partial charge in [0.05, 0.1) is 5.57 Å². The Morgan fingerprint density at radius 2 is 1.62 bits per heavy atom. The number of carbonyl (C=O) groups is 3. The van der Waals surface area contributed by atoms with Crippen LogP contribution in [-0.2, 0) is 9.59 Å². The van der Waals surface area contributed by atoms with Crippen LogP contribution in [0, 0.1) is 62.1 Å². The Morgan fingerprint density at radius 1 is 0.973 bits per heavy atom. The second-order valence-electron chi connectivity index (χ2n) is 15.3. The number of primary amides is 1. The summed E-state index contributed by atoms with van der Waals surface area (Å²) in [5.74, 6) is 0.336. The Hall–Kier alpha value is -2.16. The molecule has 6 heteroatoms. The van der Waals surface area contributed by atoms with Crippen molar-refractivity contribution in [1.29, 1.82) is 5.26 Å². The maximum atomic E-state index is 14.4. The van der Waals surface area contributed by atoms with Crippen LogP contribution in [0.4, 0.5) is 4.79 Å². The number of allylic oxidation sites excluding steroid dienone is 2. The number of nitrogens with two attached hydrogens (primary N) is 1. The van der Waals surface area contributed by atoms with Crippen LogP contribution in [-0.4, -0.2) is 23.1 Å². The minimum absolute atomic E-state index is 0.0586. The van der Waals surface area contributed by atoms with Crippen LogP contribution in [0.5, 0.6) is 0 Å². The summed E-state index contributed by atoms with van der Waals surface area (Å²) in [4.78, 5) is 39.8. The van der Waals surface area contributed by atoms with Crippen LogP contribution in [0.2, 0.25) is 0 Å². The highest BCUT2D eigenvalue weighted by atomic mass is 16.2. The van der Waals surface area contributed by atoms with Gasteiger partial charge in [-0.1, -0.05) is 54.5 Å². The molecule has 8 atom stereocenters. The number of fused-ring (bicyclic) bond motifs is 7. The molecule has 5 rings (SSSR count). The summed E-state index contributed by atoms with van der Waals surface area (Å²) in [5, 5.41) is 13.1. The summed E-state index contributed by atoms with van der Waals surface area (Å²) in [5.41, 5.74) is 4.29. The van der Waals surface area contributed by atoms with Gasteiger partial charge in [0.25, 0.3) is 0 Å². The van der Waals surface area contributed by atoms with Crippen molar-refractivity contribution in [3.8, 4) is 6.07 Å². The number of hydrogen-bond acceptors (Lipinski definition) is 4. The average molecular weight is 508 g/mol. The fourth-order valence-electron chi connectivity index (χ4n) is 10.8. The minimum Gasteiger partial charge on any atom is -0.352 e. The Morgan fingerprint density at radius 3 is 2.24 bits per heavy atom. The van der Waals surface area contributed by atoms with Crippen molar-refractivity contribution in [1.82, 2.24) is 5.32 Å². The molecule has 0 aromatic rings. The first-order valence-corrected chi connectivity index (χ1v) is 14.3. The molecule has 0 radical (unpaired) electrons. The van der Waals surface area contributed by atoms with Gasteiger partial charge in [-0.2, -0.15) is 5.26 Å². The Balaban J connectivity index is 1.63. The lowest BCUT2D eigenvalue weighted by atomic mass is 9.32. The molecule has 6 nitrogen and oxygen atoms in total. The SMILES string of the molecule is CC1(C)CCC2(NC(N)=O)CCC3(C)C(C(=O)CC4C5(C)C=C(C#N)C(=O)C(C)(C)C5CCC43C)C2C1. The number of ketones is 2. The summed E-state index contributed by atoms with van der Waals surface area (Å²) >= 11 is 0. The molecule has 0 saturated heterocycles. The predicted octanol–water partition coefficient (Wildman–Crippen LogP) is 5.71. The summed E-state index contributed by atoms with van der Waals surface area (Å²) in [6, 6.07) is 1.71. The van der Waals surface area contributed by atoms with E-state index in [4.69, 9.17) is 5.73 Å². The quantitative estimate of drug-likeness (QED) is 0.473. The molecule has 3 N–H and O–H groups in total. The predicted molar refractivity (Wildman–Crippen MR) is 142 cm³/mol. The molecule has 5 aliphatic carbocycles. The van der Waals surface area contributed by atoms with Gasteiger partial charge in [-0.3, -0.25) is 9.59 Å². The van der Waals surface area contributed by atoms with E-state index < -0.39 is 22.4 Å². The van der Waals surface area contributed by atoms with E-state index in [1.807, 2.05) is 19.9 Å². The Labute approximate surface area is 222 Å².